The molecule has 7 nitrogen and oxygen atoms in total. The lowest BCUT2D eigenvalue weighted by Crippen LogP contribution is -2.26. The fourth-order valence-corrected chi connectivity index (χ4v) is 4.48. The molecule has 7 heteroatoms. The van der Waals surface area contributed by atoms with E-state index in [4.69, 9.17) is 9.97 Å². The minimum Gasteiger partial charge on any atom is -0.508 e. The van der Waals surface area contributed by atoms with Crippen LogP contribution in [0.2, 0.25) is 0 Å². The first-order valence-electron chi connectivity index (χ1n) is 11.2. The molecule has 0 saturated carbocycles. The van der Waals surface area contributed by atoms with Gasteiger partial charge in [-0.05, 0) is 63.1 Å². The number of aryl methyl sites for hydroxylation is 1. The number of anilines is 1. The van der Waals surface area contributed by atoms with E-state index >= 15 is 0 Å². The van der Waals surface area contributed by atoms with E-state index in [0.717, 1.165) is 47.0 Å². The summed E-state index contributed by atoms with van der Waals surface area (Å²) in [6, 6.07) is 12.5. The second-order valence-corrected chi connectivity index (χ2v) is 8.42. The lowest BCUT2D eigenvalue weighted by Gasteiger charge is -2.22. The molecular formula is C25H28N6O. The van der Waals surface area contributed by atoms with E-state index in [1.54, 1.807) is 0 Å². The second kappa shape index (κ2) is 8.15. The number of pyridine rings is 1. The number of aliphatic hydroxyl groups is 1. The van der Waals surface area contributed by atoms with E-state index in [0.29, 0.717) is 18.2 Å². The summed E-state index contributed by atoms with van der Waals surface area (Å²) in [5, 5.41) is 14.5. The molecule has 0 bridgehead atoms. The first kappa shape index (κ1) is 20.3. The minimum absolute atomic E-state index is 0.0374. The van der Waals surface area contributed by atoms with Crippen LogP contribution in [0.4, 0.5) is 5.82 Å². The van der Waals surface area contributed by atoms with Crippen LogP contribution < -0.4 is 4.90 Å². The molecule has 0 amide bonds. The molecule has 4 heterocycles. The number of fused-ring (bicyclic) bond motifs is 1. The molecule has 1 aliphatic rings. The van der Waals surface area contributed by atoms with E-state index in [-0.39, 0.29) is 5.76 Å². The summed E-state index contributed by atoms with van der Waals surface area (Å²) < 4.78 is 4.09. The predicted molar refractivity (Wildman–Crippen MR) is 128 cm³/mol. The van der Waals surface area contributed by atoms with Crippen LogP contribution >= 0.6 is 0 Å². The fourth-order valence-electron chi connectivity index (χ4n) is 4.48. The van der Waals surface area contributed by atoms with Crippen LogP contribution in [0.3, 0.4) is 0 Å². The molecule has 1 fully saturated rings. The van der Waals surface area contributed by atoms with Gasteiger partial charge in [0.15, 0.2) is 0 Å². The lowest BCUT2D eigenvalue weighted by atomic mass is 10.2. The average Bonchev–Trinajstić information content (AvgIpc) is 3.52. The van der Waals surface area contributed by atoms with Crippen LogP contribution in [-0.2, 0) is 13.1 Å². The molecule has 1 N–H and O–H groups in total. The fraction of sp³-hybridized carbons (Fsp3) is 0.320. The molecule has 1 atom stereocenters. The number of nitrogens with zero attached hydrogens (tertiary/aromatic N) is 6. The summed E-state index contributed by atoms with van der Waals surface area (Å²) >= 11 is 0. The van der Waals surface area contributed by atoms with Gasteiger partial charge in [0.2, 0.25) is 0 Å². The molecule has 1 aliphatic heterocycles. The highest BCUT2D eigenvalue weighted by Crippen LogP contribution is 2.29. The Morgan fingerprint density at radius 1 is 1.22 bits per heavy atom. The molecule has 164 valence electrons. The Hall–Kier alpha value is -3.61. The summed E-state index contributed by atoms with van der Waals surface area (Å²) in [7, 11) is 0. The lowest BCUT2D eigenvalue weighted by molar-refractivity contribution is 0.514. The van der Waals surface area contributed by atoms with Gasteiger partial charge in [0.25, 0.3) is 0 Å². The first-order chi connectivity index (χ1) is 15.5. The van der Waals surface area contributed by atoms with Crippen LogP contribution in [0.15, 0.2) is 55.4 Å². The second-order valence-electron chi connectivity index (χ2n) is 8.42. The van der Waals surface area contributed by atoms with Crippen molar-refractivity contribution < 1.29 is 5.11 Å². The van der Waals surface area contributed by atoms with Crippen molar-refractivity contribution in [1.82, 2.24) is 24.3 Å². The van der Waals surface area contributed by atoms with Crippen molar-refractivity contribution in [2.45, 2.75) is 45.8 Å². The maximum Gasteiger partial charge on any atom is 0.143 e. The zero-order valence-electron chi connectivity index (χ0n) is 18.6. The topological polar surface area (TPSA) is 72.0 Å². The monoisotopic (exact) mass is 428 g/mol. The Morgan fingerprint density at radius 3 is 2.75 bits per heavy atom. The number of rotatable bonds is 6. The molecule has 1 unspecified atom stereocenters. The summed E-state index contributed by atoms with van der Waals surface area (Å²) in [5.74, 6) is 1.89. The number of aromatic nitrogens is 5. The van der Waals surface area contributed by atoms with Crippen molar-refractivity contribution in [1.29, 1.82) is 0 Å². The van der Waals surface area contributed by atoms with Crippen molar-refractivity contribution >= 4 is 22.6 Å². The van der Waals surface area contributed by atoms with E-state index in [9.17, 15) is 5.11 Å². The molecular weight excluding hydrogens is 400 g/mol. The van der Waals surface area contributed by atoms with E-state index in [1.807, 2.05) is 41.3 Å². The zero-order chi connectivity index (χ0) is 22.2. The van der Waals surface area contributed by atoms with E-state index < -0.39 is 0 Å². The van der Waals surface area contributed by atoms with Crippen LogP contribution in [0.1, 0.15) is 37.9 Å². The van der Waals surface area contributed by atoms with Crippen LogP contribution in [0, 0.1) is 0 Å². The third-order valence-corrected chi connectivity index (χ3v) is 6.27. The van der Waals surface area contributed by atoms with E-state index in [2.05, 4.69) is 47.1 Å². The number of aliphatic hydroxyl groups excluding tert-OH is 1. The number of hydrogen-bond donors (Lipinski definition) is 1. The molecule has 1 saturated heterocycles. The zero-order valence-corrected chi connectivity index (χ0v) is 18.6. The van der Waals surface area contributed by atoms with Crippen LogP contribution in [0.25, 0.3) is 28.2 Å². The van der Waals surface area contributed by atoms with Crippen LogP contribution in [0.5, 0.6) is 0 Å². The van der Waals surface area contributed by atoms with Gasteiger partial charge >= 0.3 is 0 Å². The van der Waals surface area contributed by atoms with Crippen molar-refractivity contribution in [2.75, 3.05) is 11.4 Å². The number of imidazole rings is 1. The molecule has 3 aromatic heterocycles. The number of hydrogen-bond acceptors (Lipinski definition) is 5. The van der Waals surface area contributed by atoms with Gasteiger partial charge in [-0.3, -0.25) is 4.68 Å². The van der Waals surface area contributed by atoms with Gasteiger partial charge in [0.05, 0.1) is 23.3 Å². The summed E-state index contributed by atoms with van der Waals surface area (Å²) in [6.07, 6.45) is 6.33. The highest BCUT2D eigenvalue weighted by atomic mass is 16.3. The van der Waals surface area contributed by atoms with Gasteiger partial charge in [0.1, 0.15) is 17.4 Å². The smallest absolute Gasteiger partial charge is 0.143 e. The average molecular weight is 429 g/mol. The summed E-state index contributed by atoms with van der Waals surface area (Å²) in [6.45, 7) is 10.5. The quantitative estimate of drug-likeness (QED) is 0.443. The molecule has 0 aliphatic carbocycles. The summed E-state index contributed by atoms with van der Waals surface area (Å²) in [5.41, 5.74) is 4.38. The van der Waals surface area contributed by atoms with Gasteiger partial charge in [-0.1, -0.05) is 6.58 Å². The molecule has 5 rings (SSSR count). The van der Waals surface area contributed by atoms with Crippen molar-refractivity contribution in [2.24, 2.45) is 0 Å². The third kappa shape index (κ3) is 3.64. The Balaban J connectivity index is 1.57. The van der Waals surface area contributed by atoms with Gasteiger partial charge in [-0.25, -0.2) is 9.97 Å². The van der Waals surface area contributed by atoms with Crippen molar-refractivity contribution in [3.8, 4) is 11.4 Å². The maximum absolute atomic E-state index is 9.84. The molecule has 0 spiro atoms. The highest BCUT2D eigenvalue weighted by molar-refractivity contribution is 5.83. The molecule has 32 heavy (non-hydrogen) atoms. The molecule has 1 aromatic carbocycles. The third-order valence-electron chi connectivity index (χ3n) is 6.27. The molecule has 4 aromatic rings. The SMILES string of the molecule is C=C(O)c1ccc2c(c1)nc(-c1ccc(N3CCCC3C)nc1)n2Cc1ccn(CC)n1. The van der Waals surface area contributed by atoms with Crippen molar-refractivity contribution in [3.05, 3.63) is 66.6 Å². The Kier molecular flexibility index (Phi) is 5.17. The standard InChI is InChI=1S/C25H28N6O/c1-4-29-13-11-21(28-29)16-31-23-9-7-19(18(3)32)14-22(23)27-25(31)20-8-10-24(26-15-20)30-12-5-6-17(30)2/h7-11,13-15,17,32H,3-6,12,16H2,1-2H3. The Bertz CT molecular complexity index is 1270. The van der Waals surface area contributed by atoms with Gasteiger partial charge in [0, 0.05) is 42.7 Å². The maximum atomic E-state index is 9.84. The van der Waals surface area contributed by atoms with E-state index in [1.165, 1.54) is 12.8 Å². The van der Waals surface area contributed by atoms with Crippen molar-refractivity contribution in [3.63, 3.8) is 0 Å². The summed E-state index contributed by atoms with van der Waals surface area (Å²) in [4.78, 5) is 12.0. The molecule has 0 radical (unpaired) electrons. The minimum atomic E-state index is 0.0374. The van der Waals surface area contributed by atoms with Crippen LogP contribution in [-0.4, -0.2) is 42.0 Å². The van der Waals surface area contributed by atoms with Gasteiger partial charge < -0.3 is 14.6 Å². The first-order valence-corrected chi connectivity index (χ1v) is 11.2. The highest BCUT2D eigenvalue weighted by Gasteiger charge is 2.22. The Labute approximate surface area is 187 Å². The largest absolute Gasteiger partial charge is 0.508 e. The van der Waals surface area contributed by atoms with Gasteiger partial charge in [-0.2, -0.15) is 5.10 Å². The Morgan fingerprint density at radius 2 is 2.09 bits per heavy atom. The van der Waals surface area contributed by atoms with Gasteiger partial charge in [-0.15, -0.1) is 0 Å². The number of benzene rings is 1. The predicted octanol–water partition coefficient (Wildman–Crippen LogP) is 4.88. The normalized spacial score (nSPS) is 16.2.